The standard InChI is InChI=1S/C28H38O5/c1-6-17-11-16(3)12-18(7-2)23(17)24-22(15-28(4,5)27(30)31)20-13-19(14-21(20)25(24)29)26-32-9-8-10-33-26/h11-12,19-21,26H,6-10,13-15H2,1-5H3,(H,30,31). The van der Waals surface area contributed by atoms with Gasteiger partial charge in [-0.05, 0) is 81.9 Å². The van der Waals surface area contributed by atoms with Gasteiger partial charge in [0.1, 0.15) is 0 Å². The van der Waals surface area contributed by atoms with E-state index >= 15 is 0 Å². The minimum absolute atomic E-state index is 0.0703. The van der Waals surface area contributed by atoms with E-state index in [2.05, 4.69) is 32.9 Å². The van der Waals surface area contributed by atoms with Crippen LogP contribution in [0.25, 0.3) is 5.57 Å². The summed E-state index contributed by atoms with van der Waals surface area (Å²) < 4.78 is 11.8. The largest absolute Gasteiger partial charge is 0.481 e. The number of carbonyl (C=O) groups excluding carboxylic acids is 1. The molecule has 1 aliphatic heterocycles. The molecule has 5 nitrogen and oxygen atoms in total. The summed E-state index contributed by atoms with van der Waals surface area (Å²) in [6.45, 7) is 11.3. The third kappa shape index (κ3) is 4.42. The van der Waals surface area contributed by atoms with Crippen molar-refractivity contribution >= 4 is 17.3 Å². The van der Waals surface area contributed by atoms with Gasteiger partial charge in [0.15, 0.2) is 12.1 Å². The first kappa shape index (κ1) is 24.2. The fourth-order valence-corrected chi connectivity index (χ4v) is 6.16. The third-order valence-electron chi connectivity index (χ3n) is 7.86. The molecule has 0 aromatic heterocycles. The number of ketones is 1. The van der Waals surface area contributed by atoms with Gasteiger partial charge in [-0.2, -0.15) is 0 Å². The molecule has 180 valence electrons. The van der Waals surface area contributed by atoms with E-state index in [1.807, 2.05) is 0 Å². The first-order valence-electron chi connectivity index (χ1n) is 12.5. The second-order valence-electron chi connectivity index (χ2n) is 10.7. The lowest BCUT2D eigenvalue weighted by molar-refractivity contribution is -0.204. The molecule has 1 saturated heterocycles. The number of hydrogen-bond acceptors (Lipinski definition) is 4. The number of rotatable bonds is 7. The van der Waals surface area contributed by atoms with Gasteiger partial charge in [0.2, 0.25) is 0 Å². The van der Waals surface area contributed by atoms with Crippen molar-refractivity contribution < 1.29 is 24.2 Å². The Morgan fingerprint density at radius 1 is 1.06 bits per heavy atom. The molecule has 1 heterocycles. The van der Waals surface area contributed by atoms with Crippen LogP contribution in [0.5, 0.6) is 0 Å². The summed E-state index contributed by atoms with van der Waals surface area (Å²) in [6.07, 6.45) is 4.32. The predicted molar refractivity (Wildman–Crippen MR) is 128 cm³/mol. The van der Waals surface area contributed by atoms with Crippen molar-refractivity contribution in [3.05, 3.63) is 40.0 Å². The molecule has 0 bridgehead atoms. The molecule has 3 atom stereocenters. The Hall–Kier alpha value is -1.98. The number of ether oxygens (including phenoxy) is 2. The molecule has 1 saturated carbocycles. The van der Waals surface area contributed by atoms with Crippen molar-refractivity contribution in [3.8, 4) is 0 Å². The Bertz CT molecular complexity index is 941. The molecule has 1 N–H and O–H groups in total. The van der Waals surface area contributed by atoms with Gasteiger partial charge >= 0.3 is 5.97 Å². The first-order chi connectivity index (χ1) is 15.7. The average Bonchev–Trinajstić information content (AvgIpc) is 3.33. The molecule has 0 spiro atoms. The highest BCUT2D eigenvalue weighted by molar-refractivity contribution is 6.26. The van der Waals surface area contributed by atoms with Crippen LogP contribution in [0.4, 0.5) is 0 Å². The van der Waals surface area contributed by atoms with Gasteiger partial charge in [0.25, 0.3) is 0 Å². The predicted octanol–water partition coefficient (Wildman–Crippen LogP) is 5.36. The fraction of sp³-hybridized carbons (Fsp3) is 0.643. The third-order valence-corrected chi connectivity index (χ3v) is 7.86. The average molecular weight is 455 g/mol. The van der Waals surface area contributed by atoms with Crippen molar-refractivity contribution in [2.45, 2.75) is 79.4 Å². The summed E-state index contributed by atoms with van der Waals surface area (Å²) >= 11 is 0. The van der Waals surface area contributed by atoms with Gasteiger partial charge in [-0.25, -0.2) is 0 Å². The normalized spacial score (nSPS) is 26.2. The smallest absolute Gasteiger partial charge is 0.309 e. The lowest BCUT2D eigenvalue weighted by Crippen LogP contribution is -2.31. The van der Waals surface area contributed by atoms with Crippen molar-refractivity contribution in [2.24, 2.45) is 23.2 Å². The molecule has 2 aliphatic carbocycles. The van der Waals surface area contributed by atoms with Crippen LogP contribution in [-0.4, -0.2) is 36.4 Å². The number of carboxylic acids is 1. The monoisotopic (exact) mass is 454 g/mol. The molecule has 3 unspecified atom stereocenters. The van der Waals surface area contributed by atoms with Gasteiger partial charge in [0.05, 0.1) is 18.6 Å². The zero-order chi connectivity index (χ0) is 23.9. The summed E-state index contributed by atoms with van der Waals surface area (Å²) in [4.78, 5) is 26.1. The van der Waals surface area contributed by atoms with Crippen molar-refractivity contribution in [1.29, 1.82) is 0 Å². The zero-order valence-electron chi connectivity index (χ0n) is 20.7. The Labute approximate surface area is 197 Å². The van der Waals surface area contributed by atoms with Gasteiger partial charge in [0, 0.05) is 17.4 Å². The molecule has 3 aliphatic rings. The van der Waals surface area contributed by atoms with Crippen LogP contribution in [0.3, 0.4) is 0 Å². The van der Waals surface area contributed by atoms with Crippen LogP contribution in [-0.2, 0) is 31.9 Å². The number of Topliss-reactive ketones (excluding diaryl/α,β-unsaturated/α-hetero) is 1. The molecule has 1 aromatic carbocycles. The van der Waals surface area contributed by atoms with E-state index in [9.17, 15) is 14.7 Å². The SMILES string of the molecule is CCc1cc(C)cc(CC)c1C1=C(CC(C)(C)C(=O)O)C2CC(C3OCCCO3)CC2C1=O. The van der Waals surface area contributed by atoms with Crippen molar-refractivity contribution in [1.82, 2.24) is 0 Å². The van der Waals surface area contributed by atoms with E-state index in [1.165, 1.54) is 16.7 Å². The Kier molecular flexibility index (Phi) is 6.84. The number of carbonyl (C=O) groups is 2. The van der Waals surface area contributed by atoms with Crippen LogP contribution < -0.4 is 0 Å². The summed E-state index contributed by atoms with van der Waals surface area (Å²) in [7, 11) is 0. The quantitative estimate of drug-likeness (QED) is 0.600. The number of carboxylic acid groups (broad SMARTS) is 1. The minimum Gasteiger partial charge on any atom is -0.481 e. The van der Waals surface area contributed by atoms with Crippen LogP contribution in [0.1, 0.15) is 75.6 Å². The first-order valence-corrected chi connectivity index (χ1v) is 12.5. The molecule has 0 amide bonds. The maximum absolute atomic E-state index is 14.0. The van der Waals surface area contributed by atoms with E-state index in [0.29, 0.717) is 19.6 Å². The molecule has 5 heteroatoms. The van der Waals surface area contributed by atoms with Gasteiger partial charge in [-0.3, -0.25) is 9.59 Å². The topological polar surface area (TPSA) is 72.8 Å². The Balaban J connectivity index is 1.82. The molecule has 1 aromatic rings. The number of aryl methyl sites for hydroxylation is 3. The second-order valence-corrected chi connectivity index (χ2v) is 10.7. The highest BCUT2D eigenvalue weighted by atomic mass is 16.7. The molecule has 4 rings (SSSR count). The summed E-state index contributed by atoms with van der Waals surface area (Å²) in [5.74, 6) is -0.477. The van der Waals surface area contributed by atoms with E-state index < -0.39 is 11.4 Å². The molecule has 33 heavy (non-hydrogen) atoms. The zero-order valence-corrected chi connectivity index (χ0v) is 20.7. The molecular formula is C28H38O5. The molecular weight excluding hydrogens is 416 g/mol. The summed E-state index contributed by atoms with van der Waals surface area (Å²) in [5.41, 5.74) is 5.59. The molecule has 0 radical (unpaired) electrons. The van der Waals surface area contributed by atoms with Gasteiger partial charge < -0.3 is 14.6 Å². The Morgan fingerprint density at radius 3 is 2.18 bits per heavy atom. The lowest BCUT2D eigenvalue weighted by Gasteiger charge is -2.29. The van der Waals surface area contributed by atoms with Gasteiger partial charge in [-0.1, -0.05) is 37.1 Å². The van der Waals surface area contributed by atoms with Gasteiger partial charge in [-0.15, -0.1) is 0 Å². The van der Waals surface area contributed by atoms with Crippen molar-refractivity contribution in [3.63, 3.8) is 0 Å². The van der Waals surface area contributed by atoms with E-state index in [4.69, 9.17) is 9.47 Å². The van der Waals surface area contributed by atoms with Crippen LogP contribution in [0, 0.1) is 30.1 Å². The number of allylic oxidation sites excluding steroid dienone is 2. The molecule has 2 fully saturated rings. The number of aliphatic carboxylic acids is 1. The fourth-order valence-electron chi connectivity index (χ4n) is 6.16. The number of hydrogen-bond donors (Lipinski definition) is 1. The maximum Gasteiger partial charge on any atom is 0.309 e. The highest BCUT2D eigenvalue weighted by Gasteiger charge is 2.52. The van der Waals surface area contributed by atoms with Crippen LogP contribution in [0.15, 0.2) is 17.7 Å². The van der Waals surface area contributed by atoms with Crippen molar-refractivity contribution in [2.75, 3.05) is 13.2 Å². The van der Waals surface area contributed by atoms with E-state index in [1.54, 1.807) is 13.8 Å². The number of fused-ring (bicyclic) bond motifs is 1. The maximum atomic E-state index is 14.0. The summed E-state index contributed by atoms with van der Waals surface area (Å²) in [6, 6.07) is 4.38. The van der Waals surface area contributed by atoms with E-state index in [0.717, 1.165) is 48.8 Å². The highest BCUT2D eigenvalue weighted by Crippen LogP contribution is 2.55. The summed E-state index contributed by atoms with van der Waals surface area (Å²) in [5, 5.41) is 9.91. The Morgan fingerprint density at radius 2 is 1.64 bits per heavy atom. The minimum atomic E-state index is -0.935. The number of benzene rings is 1. The lowest BCUT2D eigenvalue weighted by atomic mass is 9.78. The van der Waals surface area contributed by atoms with Crippen LogP contribution >= 0.6 is 0 Å². The van der Waals surface area contributed by atoms with E-state index in [-0.39, 0.29) is 29.8 Å². The van der Waals surface area contributed by atoms with Crippen LogP contribution in [0.2, 0.25) is 0 Å². The second kappa shape index (κ2) is 9.34.